The molecule has 2 aromatic rings. The third-order valence-electron chi connectivity index (χ3n) is 3.56. The summed E-state index contributed by atoms with van der Waals surface area (Å²) in [7, 11) is 1.64. The molecule has 1 heterocycles. The zero-order chi connectivity index (χ0) is 15.5. The van der Waals surface area contributed by atoms with Gasteiger partial charge in [0.1, 0.15) is 11.3 Å². The summed E-state index contributed by atoms with van der Waals surface area (Å²) < 4.78 is 11.9. The van der Waals surface area contributed by atoms with Gasteiger partial charge in [0.25, 0.3) is 0 Å². The SMILES string of the molecule is COCCC(C)(O)CNC(C)c1cc2cc(Br)ccc2o1. The van der Waals surface area contributed by atoms with Crippen LogP contribution in [0, 0.1) is 0 Å². The Morgan fingerprint density at radius 2 is 2.19 bits per heavy atom. The lowest BCUT2D eigenvalue weighted by molar-refractivity contribution is 0.0227. The van der Waals surface area contributed by atoms with Crippen LogP contribution in [0.25, 0.3) is 11.0 Å². The first-order valence-electron chi connectivity index (χ1n) is 7.05. The van der Waals surface area contributed by atoms with Crippen LogP contribution in [0.5, 0.6) is 0 Å². The van der Waals surface area contributed by atoms with Crippen LogP contribution in [0.1, 0.15) is 32.1 Å². The van der Waals surface area contributed by atoms with Gasteiger partial charge >= 0.3 is 0 Å². The molecule has 2 rings (SSSR count). The van der Waals surface area contributed by atoms with E-state index in [4.69, 9.17) is 9.15 Å². The largest absolute Gasteiger partial charge is 0.459 e. The number of furan rings is 1. The van der Waals surface area contributed by atoms with E-state index < -0.39 is 5.60 Å². The molecule has 1 aromatic carbocycles. The number of hydrogen-bond donors (Lipinski definition) is 2. The maximum atomic E-state index is 10.2. The van der Waals surface area contributed by atoms with Crippen molar-refractivity contribution < 1.29 is 14.3 Å². The Kier molecular flexibility index (Phi) is 5.43. The van der Waals surface area contributed by atoms with E-state index in [2.05, 4.69) is 21.2 Å². The van der Waals surface area contributed by atoms with E-state index in [0.29, 0.717) is 19.6 Å². The molecule has 0 bridgehead atoms. The predicted molar refractivity (Wildman–Crippen MR) is 87.4 cm³/mol. The minimum Gasteiger partial charge on any atom is -0.459 e. The van der Waals surface area contributed by atoms with Crippen molar-refractivity contribution >= 4 is 26.9 Å². The van der Waals surface area contributed by atoms with Gasteiger partial charge in [-0.25, -0.2) is 0 Å². The van der Waals surface area contributed by atoms with Crippen molar-refractivity contribution in [3.8, 4) is 0 Å². The van der Waals surface area contributed by atoms with Gasteiger partial charge < -0.3 is 19.6 Å². The van der Waals surface area contributed by atoms with Crippen LogP contribution in [-0.4, -0.2) is 31.0 Å². The molecule has 0 saturated carbocycles. The maximum Gasteiger partial charge on any atom is 0.134 e. The average Bonchev–Trinajstić information content (AvgIpc) is 2.85. The number of nitrogens with one attached hydrogen (secondary N) is 1. The normalized spacial score (nSPS) is 16.0. The van der Waals surface area contributed by atoms with Crippen molar-refractivity contribution in [2.45, 2.75) is 31.9 Å². The molecule has 116 valence electrons. The lowest BCUT2D eigenvalue weighted by Crippen LogP contribution is -2.39. The number of methoxy groups -OCH3 is 1. The van der Waals surface area contributed by atoms with Gasteiger partial charge in [0.05, 0.1) is 11.6 Å². The fourth-order valence-corrected chi connectivity index (χ4v) is 2.51. The molecule has 0 radical (unpaired) electrons. The smallest absolute Gasteiger partial charge is 0.134 e. The van der Waals surface area contributed by atoms with Crippen LogP contribution in [0.3, 0.4) is 0 Å². The summed E-state index contributed by atoms with van der Waals surface area (Å²) in [5.74, 6) is 0.866. The van der Waals surface area contributed by atoms with Crippen LogP contribution >= 0.6 is 15.9 Å². The summed E-state index contributed by atoms with van der Waals surface area (Å²) in [5, 5.41) is 14.6. The van der Waals surface area contributed by atoms with E-state index in [0.717, 1.165) is 21.2 Å². The summed E-state index contributed by atoms with van der Waals surface area (Å²) >= 11 is 3.46. The van der Waals surface area contributed by atoms with Crippen LogP contribution in [-0.2, 0) is 4.74 Å². The topological polar surface area (TPSA) is 54.6 Å². The van der Waals surface area contributed by atoms with Crippen LogP contribution in [0.15, 0.2) is 33.2 Å². The second-order valence-corrected chi connectivity index (χ2v) is 6.59. The van der Waals surface area contributed by atoms with Crippen molar-refractivity contribution in [2.24, 2.45) is 0 Å². The lowest BCUT2D eigenvalue weighted by Gasteiger charge is -2.25. The number of rotatable bonds is 7. The van der Waals surface area contributed by atoms with E-state index in [1.807, 2.05) is 38.1 Å². The van der Waals surface area contributed by atoms with Gasteiger partial charge in [-0.2, -0.15) is 0 Å². The molecule has 5 heteroatoms. The molecule has 4 nitrogen and oxygen atoms in total. The Hall–Kier alpha value is -0.880. The molecular formula is C16H22BrNO3. The molecule has 2 unspecified atom stereocenters. The minimum absolute atomic E-state index is 0.0326. The van der Waals surface area contributed by atoms with Gasteiger partial charge in [0.15, 0.2) is 0 Å². The van der Waals surface area contributed by atoms with Crippen molar-refractivity contribution in [1.29, 1.82) is 0 Å². The van der Waals surface area contributed by atoms with Crippen molar-refractivity contribution in [2.75, 3.05) is 20.3 Å². The minimum atomic E-state index is -0.792. The lowest BCUT2D eigenvalue weighted by atomic mass is 10.0. The summed E-state index contributed by atoms with van der Waals surface area (Å²) in [6.45, 7) is 4.86. The summed E-state index contributed by atoms with van der Waals surface area (Å²) in [6, 6.07) is 8.00. The van der Waals surface area contributed by atoms with E-state index in [9.17, 15) is 5.11 Å². The summed E-state index contributed by atoms with van der Waals surface area (Å²) in [4.78, 5) is 0. The number of hydrogen-bond acceptors (Lipinski definition) is 4. The molecule has 0 saturated heterocycles. The van der Waals surface area contributed by atoms with E-state index >= 15 is 0 Å². The molecular weight excluding hydrogens is 334 g/mol. The number of aliphatic hydroxyl groups is 1. The molecule has 1 aromatic heterocycles. The van der Waals surface area contributed by atoms with E-state index in [1.165, 1.54) is 0 Å². The molecule has 0 fully saturated rings. The number of benzene rings is 1. The molecule has 0 aliphatic rings. The molecule has 21 heavy (non-hydrogen) atoms. The highest BCUT2D eigenvalue weighted by molar-refractivity contribution is 9.10. The zero-order valence-corrected chi connectivity index (χ0v) is 14.2. The first-order valence-corrected chi connectivity index (χ1v) is 7.84. The highest BCUT2D eigenvalue weighted by Crippen LogP contribution is 2.26. The standard InChI is InChI=1S/C16H22BrNO3/c1-11(18-10-16(2,19)6-7-20-3)15-9-12-8-13(17)4-5-14(12)21-15/h4-5,8-9,11,18-19H,6-7,10H2,1-3H3. The second kappa shape index (κ2) is 6.92. The van der Waals surface area contributed by atoms with Gasteiger partial charge in [-0.15, -0.1) is 0 Å². The van der Waals surface area contributed by atoms with Crippen molar-refractivity contribution in [3.05, 3.63) is 34.5 Å². The molecule has 0 aliphatic carbocycles. The zero-order valence-electron chi connectivity index (χ0n) is 12.6. The Balaban J connectivity index is 2.00. The average molecular weight is 356 g/mol. The van der Waals surface area contributed by atoms with E-state index in [1.54, 1.807) is 7.11 Å². The molecule has 0 amide bonds. The first kappa shape index (κ1) is 16.5. The van der Waals surface area contributed by atoms with Crippen LogP contribution in [0.2, 0.25) is 0 Å². The van der Waals surface area contributed by atoms with Crippen LogP contribution < -0.4 is 5.32 Å². The van der Waals surface area contributed by atoms with Gasteiger partial charge in [-0.05, 0) is 38.1 Å². The Bertz CT molecular complexity index is 594. The fraction of sp³-hybridized carbons (Fsp3) is 0.500. The molecule has 0 spiro atoms. The Morgan fingerprint density at radius 3 is 2.90 bits per heavy atom. The first-order chi connectivity index (χ1) is 9.91. The van der Waals surface area contributed by atoms with Gasteiger partial charge in [-0.3, -0.25) is 0 Å². The van der Waals surface area contributed by atoms with Gasteiger partial charge in [0, 0.05) is 36.5 Å². The van der Waals surface area contributed by atoms with Gasteiger partial charge in [0.2, 0.25) is 0 Å². The quantitative estimate of drug-likeness (QED) is 0.796. The molecule has 2 N–H and O–H groups in total. The monoisotopic (exact) mass is 355 g/mol. The predicted octanol–water partition coefficient (Wildman–Crippen LogP) is 3.63. The summed E-state index contributed by atoms with van der Waals surface area (Å²) in [5.41, 5.74) is 0.0762. The van der Waals surface area contributed by atoms with E-state index in [-0.39, 0.29) is 6.04 Å². The third kappa shape index (κ3) is 4.54. The van der Waals surface area contributed by atoms with Crippen molar-refractivity contribution in [1.82, 2.24) is 5.32 Å². The van der Waals surface area contributed by atoms with Crippen molar-refractivity contribution in [3.63, 3.8) is 0 Å². The highest BCUT2D eigenvalue weighted by atomic mass is 79.9. The Labute approximate surface area is 133 Å². The highest BCUT2D eigenvalue weighted by Gasteiger charge is 2.21. The number of fused-ring (bicyclic) bond motifs is 1. The maximum absolute atomic E-state index is 10.2. The molecule has 0 aliphatic heterocycles. The second-order valence-electron chi connectivity index (χ2n) is 5.67. The fourth-order valence-electron chi connectivity index (χ4n) is 2.13. The Morgan fingerprint density at radius 1 is 1.43 bits per heavy atom. The van der Waals surface area contributed by atoms with Gasteiger partial charge in [-0.1, -0.05) is 15.9 Å². The summed E-state index contributed by atoms with van der Waals surface area (Å²) in [6.07, 6.45) is 0.594. The molecule has 2 atom stereocenters. The number of ether oxygens (including phenoxy) is 1. The third-order valence-corrected chi connectivity index (χ3v) is 4.05. The number of halogens is 1. The van der Waals surface area contributed by atoms with Crippen LogP contribution in [0.4, 0.5) is 0 Å².